The van der Waals surface area contributed by atoms with Crippen LogP contribution in [0.5, 0.6) is 0 Å². The number of benzene rings is 1. The van der Waals surface area contributed by atoms with Gasteiger partial charge >= 0.3 is 0 Å². The zero-order chi connectivity index (χ0) is 15.0. The molecule has 3 nitrogen and oxygen atoms in total. The predicted molar refractivity (Wildman–Crippen MR) is 89.0 cm³/mol. The van der Waals surface area contributed by atoms with E-state index < -0.39 is 0 Å². The second-order valence-electron chi connectivity index (χ2n) is 7.13. The van der Waals surface area contributed by atoms with E-state index in [9.17, 15) is 0 Å². The fourth-order valence-corrected chi connectivity index (χ4v) is 3.18. The highest BCUT2D eigenvalue weighted by Crippen LogP contribution is 2.31. The van der Waals surface area contributed by atoms with E-state index in [0.29, 0.717) is 0 Å². The molecule has 1 heterocycles. The molecule has 0 amide bonds. The van der Waals surface area contributed by atoms with Crippen molar-refractivity contribution in [2.75, 3.05) is 5.32 Å². The molecule has 0 radical (unpaired) electrons. The number of halogens is 1. The maximum absolute atomic E-state index is 4.42. The minimum Gasteiger partial charge on any atom is -0.365 e. The summed E-state index contributed by atoms with van der Waals surface area (Å²) >= 11 is 3.51. The average Bonchev–Trinajstić information content (AvgIpc) is 2.26. The Balaban J connectivity index is 2.36. The standard InChI is InChI=1S/C16H22BrN3/c1-15(2,3)9-16(4,5)20-14-12-8-11(17)6-7-13(12)18-10-19-14/h6-8,10H,9H2,1-5H3,(H,18,19,20). The second kappa shape index (κ2) is 5.32. The maximum Gasteiger partial charge on any atom is 0.137 e. The van der Waals surface area contributed by atoms with Gasteiger partial charge < -0.3 is 5.32 Å². The third-order valence-corrected chi connectivity index (χ3v) is 3.52. The zero-order valence-electron chi connectivity index (χ0n) is 12.8. The number of aromatic nitrogens is 2. The smallest absolute Gasteiger partial charge is 0.137 e. The molecule has 0 atom stereocenters. The first-order valence-corrected chi connectivity index (χ1v) is 7.64. The summed E-state index contributed by atoms with van der Waals surface area (Å²) in [5.74, 6) is 0.894. The fourth-order valence-electron chi connectivity index (χ4n) is 2.82. The van der Waals surface area contributed by atoms with Crippen LogP contribution in [0.15, 0.2) is 29.0 Å². The number of anilines is 1. The summed E-state index contributed by atoms with van der Waals surface area (Å²) in [6, 6.07) is 6.06. The van der Waals surface area contributed by atoms with Crippen molar-refractivity contribution in [3.05, 3.63) is 29.0 Å². The van der Waals surface area contributed by atoms with Crippen LogP contribution in [-0.2, 0) is 0 Å². The lowest BCUT2D eigenvalue weighted by Crippen LogP contribution is -2.35. The molecule has 2 aromatic rings. The lowest BCUT2D eigenvalue weighted by Gasteiger charge is -2.34. The molecule has 0 aliphatic rings. The summed E-state index contributed by atoms with van der Waals surface area (Å²) in [4.78, 5) is 8.74. The first-order valence-electron chi connectivity index (χ1n) is 6.85. The molecule has 0 aliphatic carbocycles. The normalized spacial score (nSPS) is 12.7. The van der Waals surface area contributed by atoms with Gasteiger partial charge in [0.1, 0.15) is 12.1 Å². The predicted octanol–water partition coefficient (Wildman–Crippen LogP) is 5.02. The summed E-state index contributed by atoms with van der Waals surface area (Å²) < 4.78 is 1.04. The van der Waals surface area contributed by atoms with Crippen molar-refractivity contribution in [3.63, 3.8) is 0 Å². The Bertz CT molecular complexity index is 615. The molecule has 1 N–H and O–H groups in total. The molecule has 1 aromatic carbocycles. The maximum atomic E-state index is 4.42. The van der Waals surface area contributed by atoms with Crippen LogP contribution in [0.25, 0.3) is 10.9 Å². The third-order valence-electron chi connectivity index (χ3n) is 3.03. The van der Waals surface area contributed by atoms with Crippen molar-refractivity contribution in [2.24, 2.45) is 5.41 Å². The SMILES string of the molecule is CC(C)(C)CC(C)(C)Nc1ncnc2ccc(Br)cc12. The van der Waals surface area contributed by atoms with E-state index in [4.69, 9.17) is 0 Å². The number of rotatable bonds is 3. The first kappa shape index (κ1) is 15.2. The Kier molecular flexibility index (Phi) is 4.05. The summed E-state index contributed by atoms with van der Waals surface area (Å²) in [6.45, 7) is 11.2. The van der Waals surface area contributed by atoms with Gasteiger partial charge in [-0.3, -0.25) is 0 Å². The molecular weight excluding hydrogens is 314 g/mol. The monoisotopic (exact) mass is 335 g/mol. The van der Waals surface area contributed by atoms with Gasteiger partial charge in [0.05, 0.1) is 5.52 Å². The molecular formula is C16H22BrN3. The summed E-state index contributed by atoms with van der Waals surface area (Å²) in [6.07, 6.45) is 2.67. The Morgan fingerprint density at radius 1 is 1.10 bits per heavy atom. The number of nitrogens with zero attached hydrogens (tertiary/aromatic N) is 2. The van der Waals surface area contributed by atoms with E-state index in [-0.39, 0.29) is 11.0 Å². The lowest BCUT2D eigenvalue weighted by molar-refractivity contribution is 0.302. The van der Waals surface area contributed by atoms with E-state index >= 15 is 0 Å². The largest absolute Gasteiger partial charge is 0.365 e. The molecule has 0 unspecified atom stereocenters. The Morgan fingerprint density at radius 2 is 1.80 bits per heavy atom. The van der Waals surface area contributed by atoms with E-state index in [1.165, 1.54) is 0 Å². The molecule has 4 heteroatoms. The number of hydrogen-bond donors (Lipinski definition) is 1. The van der Waals surface area contributed by atoms with Gasteiger partial charge in [0.2, 0.25) is 0 Å². The molecule has 0 bridgehead atoms. The van der Waals surface area contributed by atoms with Crippen molar-refractivity contribution in [1.29, 1.82) is 0 Å². The van der Waals surface area contributed by atoms with Gasteiger partial charge in [-0.2, -0.15) is 0 Å². The highest BCUT2D eigenvalue weighted by atomic mass is 79.9. The molecule has 0 aliphatic heterocycles. The van der Waals surface area contributed by atoms with Crippen molar-refractivity contribution in [1.82, 2.24) is 9.97 Å². The molecule has 0 saturated carbocycles. The molecule has 2 rings (SSSR count). The van der Waals surface area contributed by atoms with E-state index in [1.807, 2.05) is 12.1 Å². The number of nitrogens with one attached hydrogen (secondary N) is 1. The molecule has 20 heavy (non-hydrogen) atoms. The topological polar surface area (TPSA) is 37.8 Å². The highest BCUT2D eigenvalue weighted by molar-refractivity contribution is 9.10. The van der Waals surface area contributed by atoms with Crippen molar-refractivity contribution in [3.8, 4) is 0 Å². The first-order chi connectivity index (χ1) is 9.16. The van der Waals surface area contributed by atoms with Crippen molar-refractivity contribution in [2.45, 2.75) is 46.6 Å². The zero-order valence-corrected chi connectivity index (χ0v) is 14.4. The van der Waals surface area contributed by atoms with Crippen LogP contribution < -0.4 is 5.32 Å². The van der Waals surface area contributed by atoms with Gasteiger partial charge in [0.25, 0.3) is 0 Å². The van der Waals surface area contributed by atoms with Crippen LogP contribution in [0.3, 0.4) is 0 Å². The molecule has 0 saturated heterocycles. The molecule has 0 spiro atoms. The lowest BCUT2D eigenvalue weighted by atomic mass is 9.82. The van der Waals surface area contributed by atoms with Gasteiger partial charge in [0.15, 0.2) is 0 Å². The molecule has 1 aromatic heterocycles. The Labute approximate surface area is 129 Å². The van der Waals surface area contributed by atoms with Crippen LogP contribution >= 0.6 is 15.9 Å². The van der Waals surface area contributed by atoms with Gasteiger partial charge in [-0.1, -0.05) is 36.7 Å². The highest BCUT2D eigenvalue weighted by Gasteiger charge is 2.26. The minimum absolute atomic E-state index is 0.0259. The van der Waals surface area contributed by atoms with Gasteiger partial charge in [-0.15, -0.1) is 0 Å². The quantitative estimate of drug-likeness (QED) is 0.855. The minimum atomic E-state index is -0.0259. The van der Waals surface area contributed by atoms with Crippen LogP contribution in [0.1, 0.15) is 41.0 Å². The summed E-state index contributed by atoms with van der Waals surface area (Å²) in [5.41, 5.74) is 1.19. The van der Waals surface area contributed by atoms with Crippen LogP contribution in [0.4, 0.5) is 5.82 Å². The van der Waals surface area contributed by atoms with Crippen molar-refractivity contribution < 1.29 is 0 Å². The van der Waals surface area contributed by atoms with Gasteiger partial charge in [-0.05, 0) is 43.9 Å². The van der Waals surface area contributed by atoms with E-state index in [2.05, 4.69) is 71.9 Å². The van der Waals surface area contributed by atoms with Gasteiger partial charge in [-0.25, -0.2) is 9.97 Å². The number of fused-ring (bicyclic) bond motifs is 1. The molecule has 0 fully saturated rings. The molecule has 108 valence electrons. The van der Waals surface area contributed by atoms with Crippen LogP contribution in [0.2, 0.25) is 0 Å². The van der Waals surface area contributed by atoms with E-state index in [1.54, 1.807) is 6.33 Å². The van der Waals surface area contributed by atoms with Crippen LogP contribution in [-0.4, -0.2) is 15.5 Å². The van der Waals surface area contributed by atoms with E-state index in [0.717, 1.165) is 27.6 Å². The third kappa shape index (κ3) is 3.92. The Morgan fingerprint density at radius 3 is 2.45 bits per heavy atom. The van der Waals surface area contributed by atoms with Gasteiger partial charge in [0, 0.05) is 15.4 Å². The fraction of sp³-hybridized carbons (Fsp3) is 0.500. The average molecular weight is 336 g/mol. The van der Waals surface area contributed by atoms with Crippen molar-refractivity contribution >= 4 is 32.7 Å². The summed E-state index contributed by atoms with van der Waals surface area (Å²) in [5, 5.41) is 4.62. The van der Waals surface area contributed by atoms with Crippen LogP contribution in [0, 0.1) is 5.41 Å². The number of hydrogen-bond acceptors (Lipinski definition) is 3. The summed E-state index contributed by atoms with van der Waals surface area (Å²) in [7, 11) is 0. The second-order valence-corrected chi connectivity index (χ2v) is 8.05. The Hall–Kier alpha value is -1.16.